The zero-order valence-electron chi connectivity index (χ0n) is 87.2. The second kappa shape index (κ2) is 63.6. The van der Waals surface area contributed by atoms with Gasteiger partial charge in [-0.25, -0.2) is 0 Å². The zero-order chi connectivity index (χ0) is 100. The van der Waals surface area contributed by atoms with E-state index in [9.17, 15) is 14.7 Å². The number of amides is 2. The average Bonchev–Trinajstić information content (AvgIpc) is 1.14. The monoisotopic (exact) mass is 1960 g/mol. The van der Waals surface area contributed by atoms with Gasteiger partial charge in [0, 0.05) is 43.3 Å². The van der Waals surface area contributed by atoms with Crippen LogP contribution in [0.1, 0.15) is 352 Å². The Hall–Kier alpha value is -12.8. The number of hydrogen-bond acceptors (Lipinski definition) is 7. The summed E-state index contributed by atoms with van der Waals surface area (Å²) < 4.78 is 5.45. The van der Waals surface area contributed by atoms with Crippen molar-refractivity contribution in [1.29, 1.82) is 0 Å². The molecule has 1 saturated carbocycles. The van der Waals surface area contributed by atoms with E-state index in [0.717, 1.165) is 83.7 Å². The van der Waals surface area contributed by atoms with Gasteiger partial charge in [-0.3, -0.25) is 14.6 Å². The van der Waals surface area contributed by atoms with Crippen LogP contribution in [0, 0.1) is 0 Å². The molecule has 14 aromatic carbocycles. The van der Waals surface area contributed by atoms with Gasteiger partial charge in [-0.1, -0.05) is 479 Å². The molecule has 0 aromatic heterocycles. The first-order valence-electron chi connectivity index (χ1n) is 50.8. The molecular weight excluding hydrogens is 1780 g/mol. The number of rotatable bonds is 25. The fourth-order valence-corrected chi connectivity index (χ4v) is 15.9. The highest BCUT2D eigenvalue weighted by Crippen LogP contribution is 2.33. The van der Waals surface area contributed by atoms with Gasteiger partial charge in [0.05, 0.1) is 18.8 Å². The minimum atomic E-state index is -0.345. The first-order chi connectivity index (χ1) is 66.6. The maximum absolute atomic E-state index is 12.6. The van der Waals surface area contributed by atoms with Crippen molar-refractivity contribution in [1.82, 2.24) is 15.1 Å². The van der Waals surface area contributed by atoms with Crippen LogP contribution in [0.3, 0.4) is 0 Å². The number of nitrogens with zero attached hydrogens (tertiary/aromatic N) is 3. The second-order valence-corrected chi connectivity index (χ2v) is 40.5. The van der Waals surface area contributed by atoms with Crippen LogP contribution in [0.4, 0.5) is 0 Å². The summed E-state index contributed by atoms with van der Waals surface area (Å²) >= 11 is 0. The van der Waals surface area contributed by atoms with Crippen molar-refractivity contribution in [2.24, 2.45) is 4.99 Å². The summed E-state index contributed by atoms with van der Waals surface area (Å²) in [5.74, 6) is 5.54. The number of nitrogens with one attached hydrogen (secondary N) is 1. The van der Waals surface area contributed by atoms with Gasteiger partial charge < -0.3 is 30.1 Å². The van der Waals surface area contributed by atoms with Gasteiger partial charge in [0.25, 0.3) is 11.8 Å². The van der Waals surface area contributed by atoms with Gasteiger partial charge in [0.1, 0.15) is 5.75 Å². The molecule has 1 saturated heterocycles. The van der Waals surface area contributed by atoms with Gasteiger partial charge in [0.15, 0.2) is 0 Å². The number of benzene rings is 14. The number of aliphatic hydroxyl groups excluding tert-OH is 1. The molecule has 9 nitrogen and oxygen atoms in total. The van der Waals surface area contributed by atoms with Crippen LogP contribution in [-0.4, -0.2) is 84.0 Å². The lowest BCUT2D eigenvalue weighted by Crippen LogP contribution is -2.47. The summed E-state index contributed by atoms with van der Waals surface area (Å²) in [5, 5.41) is 24.1. The molecule has 9 heteroatoms. The molecule has 0 radical (unpaired) electrons. The van der Waals surface area contributed by atoms with Crippen LogP contribution in [0.25, 0.3) is 77.9 Å². The lowest BCUT2D eigenvalue weighted by atomic mass is 9.96. The van der Waals surface area contributed by atoms with E-state index in [2.05, 4.69) is 383 Å². The number of aryl methyl sites for hydroxylation is 1. The van der Waals surface area contributed by atoms with Crippen LogP contribution >= 0.6 is 0 Å². The molecule has 782 valence electrons. The number of piperazine rings is 1. The Labute approximate surface area is 887 Å². The number of carbonyl (C=O) groups excluding carboxylic acids is 2. The lowest BCUT2D eigenvalue weighted by Gasteiger charge is -2.32. The van der Waals surface area contributed by atoms with Crippen LogP contribution in [-0.2, 0) is 13.0 Å². The summed E-state index contributed by atoms with van der Waals surface area (Å²) in [6.07, 6.45) is 5.97. The molecule has 1 aliphatic carbocycles. The van der Waals surface area contributed by atoms with E-state index in [-0.39, 0.29) is 81.8 Å². The summed E-state index contributed by atoms with van der Waals surface area (Å²) in [5.41, 5.74) is 32.3. The van der Waals surface area contributed by atoms with Crippen molar-refractivity contribution in [3.05, 3.63) is 412 Å². The van der Waals surface area contributed by atoms with E-state index in [4.69, 9.17) is 9.84 Å². The molecule has 14 aromatic rings. The van der Waals surface area contributed by atoms with E-state index in [1.165, 1.54) is 125 Å². The summed E-state index contributed by atoms with van der Waals surface area (Å²) in [4.78, 5) is 32.9. The van der Waals surface area contributed by atoms with Crippen LogP contribution in [0.15, 0.2) is 345 Å². The third-order valence-corrected chi connectivity index (χ3v) is 25.6. The van der Waals surface area contributed by atoms with Gasteiger partial charge in [0.2, 0.25) is 0 Å². The van der Waals surface area contributed by atoms with Crippen molar-refractivity contribution in [3.63, 3.8) is 0 Å². The molecule has 1 aliphatic heterocycles. The van der Waals surface area contributed by atoms with E-state index < -0.39 is 0 Å². The number of aliphatic imine (C=N–C) groups is 1. The van der Waals surface area contributed by atoms with Gasteiger partial charge >= 0.3 is 0 Å². The first-order valence-corrected chi connectivity index (χ1v) is 50.8. The Kier molecular flexibility index (Phi) is 55.5. The maximum atomic E-state index is 12.6. The number of likely N-dealkylation sites (N-methyl/N-ethyl adjacent to an activating group) is 1. The Morgan fingerprint density at radius 2 is 0.548 bits per heavy atom. The SMILES string of the molecule is C.C.C.C.C.C.C.CC(C)c1ccc(-c2ccc(C(=O)N3CCN(C)CC3)cc2)cc1.CC(C)c1ccc(-c2ccc(C(=O)NC3CC3)cc2)cc1.CC(C)c1ccc(-c2ccc(C(C)C)cc2)cc1.CC(C)c1ccc(-c2ccc(C([O-])=NC(C)(C)C)cc2)cc1.CC(C)c1ccc(-c2ccc(CO)cc2)cc1.CCCCc1ccc(-c2ccc(C(C)C)cc2)cc1.CCOc1ccc(-c2ccc(C(C)C)cc2)cc1. The summed E-state index contributed by atoms with van der Waals surface area (Å²) in [7, 11) is 2.10. The quantitative estimate of drug-likeness (QED) is 0.0435. The molecule has 16 rings (SSSR count). The molecular formula is C137H183N4O5-. The third kappa shape index (κ3) is 40.6. The lowest BCUT2D eigenvalue weighted by molar-refractivity contribution is -0.213. The number of carbonyl (C=O) groups is 2. The highest BCUT2D eigenvalue weighted by Gasteiger charge is 2.25. The Bertz CT molecular complexity index is 5930. The number of unbranched alkanes of at least 4 members (excludes halogenated alkanes) is 1. The molecule has 1 heterocycles. The number of aliphatic hydroxyl groups is 1. The summed E-state index contributed by atoms with van der Waals surface area (Å²) in [6.45, 7) is 49.7. The maximum Gasteiger partial charge on any atom is 0.253 e. The molecule has 0 unspecified atom stereocenters. The third-order valence-electron chi connectivity index (χ3n) is 25.6. The molecule has 2 fully saturated rings. The topological polar surface area (TPSA) is 118 Å². The predicted octanol–water partition coefficient (Wildman–Crippen LogP) is 37.3. The Morgan fingerprint density at radius 1 is 0.329 bits per heavy atom. The first kappa shape index (κ1) is 127. The summed E-state index contributed by atoms with van der Waals surface area (Å²) in [6, 6.07) is 119. The molecule has 0 spiro atoms. The van der Waals surface area contributed by atoms with Gasteiger partial charge in [-0.15, -0.1) is 0 Å². The van der Waals surface area contributed by atoms with E-state index in [1.807, 2.05) is 130 Å². The highest BCUT2D eigenvalue weighted by atomic mass is 16.5. The Balaban J connectivity index is 0.000000435. The zero-order valence-corrected chi connectivity index (χ0v) is 87.2. The second-order valence-electron chi connectivity index (χ2n) is 40.5. The molecule has 146 heavy (non-hydrogen) atoms. The number of hydrogen-bond donors (Lipinski definition) is 2. The minimum Gasteiger partial charge on any atom is -0.858 e. The highest BCUT2D eigenvalue weighted by molar-refractivity contribution is 5.96. The standard InChI is InChI=1S/C21H26N2O.C20H25NO.C19H21NO.C19H24.C18H22.C17H20O.C16H18O.7CH4/c1-16(2)17-4-6-18(7-5-17)19-8-10-20(11-9-19)21(24)23-14-12-22(3)13-15-23;1-14(2)15-6-8-16(9-7-15)17-10-12-18(13-11-17)19(22)21-20(3,4)5;1-13(2)14-3-5-15(6-4-14)16-7-9-17(10-8-16)19(21)20-18-11-12-18;1-4-5-6-16-7-9-18(10-8-16)19-13-11-17(12-14-19)15(2)3;1-13(2)15-5-9-17(10-6-15)18-11-7-16(8-12-18)14(3)4;1-4-18-17-11-9-16(10-12-17)15-7-5-14(6-8-15)13(2)3;1-12(2)14-7-9-16(10-8-14)15-5-3-13(11-17)4-6-15;;;;;;;/h4-11,16H,12-15H2,1-3H3;6-14H,1-5H3,(H,21,22);3-10,13,18H,11-12H2,1-2H3,(H,20,21);7-15H,4-6H2,1-3H3;5-14H,1-4H3;5-13H,4H2,1-3H3;3-10,12,17H,11H2,1-2H3;7*1H4/p-1. The van der Waals surface area contributed by atoms with Crippen molar-refractivity contribution in [2.75, 3.05) is 39.8 Å². The van der Waals surface area contributed by atoms with Gasteiger partial charge in [-0.2, -0.15) is 0 Å². The predicted molar refractivity (Wildman–Crippen MR) is 639 cm³/mol. The van der Waals surface area contributed by atoms with Gasteiger partial charge in [-0.05, 0) is 289 Å². The smallest absolute Gasteiger partial charge is 0.253 e. The van der Waals surface area contributed by atoms with Crippen LogP contribution in [0.2, 0.25) is 0 Å². The molecule has 0 atom stereocenters. The van der Waals surface area contributed by atoms with Crippen LogP contribution in [0.5, 0.6) is 5.75 Å². The minimum absolute atomic E-state index is 0. The van der Waals surface area contributed by atoms with E-state index >= 15 is 0 Å². The number of ether oxygens (including phenoxy) is 1. The van der Waals surface area contributed by atoms with Crippen molar-refractivity contribution in [2.45, 2.75) is 295 Å². The molecule has 0 bridgehead atoms. The fraction of sp³-hybridized carbons (Fsp3) is 0.365. The fourth-order valence-electron chi connectivity index (χ4n) is 15.9. The van der Waals surface area contributed by atoms with Crippen molar-refractivity contribution >= 4 is 17.7 Å². The van der Waals surface area contributed by atoms with Crippen molar-refractivity contribution < 1.29 is 24.5 Å². The van der Waals surface area contributed by atoms with Crippen LogP contribution < -0.4 is 15.2 Å². The molecule has 2 amide bonds. The normalized spacial score (nSPS) is 11.9. The Morgan fingerprint density at radius 3 is 0.767 bits per heavy atom. The largest absolute Gasteiger partial charge is 0.858 e. The average molecular weight is 1970 g/mol. The molecule has 2 N–H and O–H groups in total. The van der Waals surface area contributed by atoms with E-state index in [0.29, 0.717) is 65.6 Å². The van der Waals surface area contributed by atoms with E-state index in [1.54, 1.807) is 0 Å². The van der Waals surface area contributed by atoms with Crippen molar-refractivity contribution in [3.8, 4) is 83.6 Å². The molecule has 2 aliphatic rings.